The molecule has 1 saturated carbocycles. The molecule has 0 saturated heterocycles. The summed E-state index contributed by atoms with van der Waals surface area (Å²) in [5.41, 5.74) is 1.95. The first-order chi connectivity index (χ1) is 8.69. The van der Waals surface area contributed by atoms with Gasteiger partial charge in [0, 0.05) is 16.9 Å². The van der Waals surface area contributed by atoms with Crippen LogP contribution in [0.5, 0.6) is 0 Å². The summed E-state index contributed by atoms with van der Waals surface area (Å²) >= 11 is 3.40. The first-order valence-electron chi connectivity index (χ1n) is 6.65. The highest BCUT2D eigenvalue weighted by Gasteiger charge is 2.20. The summed E-state index contributed by atoms with van der Waals surface area (Å²) in [7, 11) is 0. The lowest BCUT2D eigenvalue weighted by atomic mass is 9.87. The average molecular weight is 310 g/mol. The highest BCUT2D eigenvalue weighted by Crippen LogP contribution is 2.23. The maximum atomic E-state index is 12.1. The van der Waals surface area contributed by atoms with Crippen LogP contribution in [0, 0.1) is 5.92 Å². The molecule has 2 unspecified atom stereocenters. The van der Waals surface area contributed by atoms with Crippen molar-refractivity contribution in [1.82, 2.24) is 5.32 Å². The lowest BCUT2D eigenvalue weighted by molar-refractivity contribution is 0.0921. The Morgan fingerprint density at radius 3 is 2.67 bits per heavy atom. The summed E-state index contributed by atoms with van der Waals surface area (Å²) in [6, 6.07) is 8.15. The fraction of sp³-hybridized carbons (Fsp3) is 0.533. The number of rotatable bonds is 3. The van der Waals surface area contributed by atoms with Gasteiger partial charge in [0.05, 0.1) is 0 Å². The number of benzene rings is 1. The summed E-state index contributed by atoms with van der Waals surface area (Å²) in [5.74, 6) is 0.801. The van der Waals surface area contributed by atoms with E-state index in [1.165, 1.54) is 18.4 Å². The lowest BCUT2D eigenvalue weighted by Gasteiger charge is -2.27. The van der Waals surface area contributed by atoms with E-state index >= 15 is 0 Å². The fourth-order valence-electron chi connectivity index (χ4n) is 2.58. The van der Waals surface area contributed by atoms with E-state index in [9.17, 15) is 4.79 Å². The first-order valence-corrected chi connectivity index (χ1v) is 7.77. The number of carbonyl (C=O) groups excluding carboxylic acids is 1. The van der Waals surface area contributed by atoms with Gasteiger partial charge in [0.2, 0.25) is 0 Å². The van der Waals surface area contributed by atoms with Gasteiger partial charge in [-0.05, 0) is 36.5 Å². The number of alkyl halides is 1. The van der Waals surface area contributed by atoms with Crippen LogP contribution < -0.4 is 5.32 Å². The van der Waals surface area contributed by atoms with Gasteiger partial charge in [0.1, 0.15) is 0 Å². The smallest absolute Gasteiger partial charge is 0.251 e. The zero-order valence-corrected chi connectivity index (χ0v) is 12.4. The zero-order chi connectivity index (χ0) is 13.0. The second-order valence-electron chi connectivity index (χ2n) is 5.27. The first kappa shape index (κ1) is 13.6. The molecule has 1 aliphatic rings. The predicted molar refractivity (Wildman–Crippen MR) is 78.0 cm³/mol. The molecule has 0 spiro atoms. The van der Waals surface area contributed by atoms with Crippen molar-refractivity contribution in [2.24, 2.45) is 5.92 Å². The average Bonchev–Trinajstić information content (AvgIpc) is 2.39. The van der Waals surface area contributed by atoms with Crippen molar-refractivity contribution < 1.29 is 4.79 Å². The van der Waals surface area contributed by atoms with Crippen LogP contribution >= 0.6 is 15.9 Å². The standard InChI is InChI=1S/C15H20BrNO/c1-11-3-2-4-14(9-11)17-15(18)13-7-5-12(10-16)6-8-13/h5-8,11,14H,2-4,9-10H2,1H3,(H,17,18). The maximum absolute atomic E-state index is 12.1. The SMILES string of the molecule is CC1CCCC(NC(=O)c2ccc(CBr)cc2)C1. The van der Waals surface area contributed by atoms with E-state index in [0.29, 0.717) is 6.04 Å². The third-order valence-electron chi connectivity index (χ3n) is 3.64. The summed E-state index contributed by atoms with van der Waals surface area (Å²) < 4.78 is 0. The van der Waals surface area contributed by atoms with E-state index < -0.39 is 0 Å². The second-order valence-corrected chi connectivity index (χ2v) is 5.83. The third kappa shape index (κ3) is 3.58. The molecule has 0 aromatic heterocycles. The Morgan fingerprint density at radius 2 is 2.06 bits per heavy atom. The van der Waals surface area contributed by atoms with E-state index in [4.69, 9.17) is 0 Å². The van der Waals surface area contributed by atoms with Crippen molar-refractivity contribution in [3.8, 4) is 0 Å². The molecule has 98 valence electrons. The Bertz CT molecular complexity index is 401. The number of amides is 1. The van der Waals surface area contributed by atoms with Crippen LogP contribution in [0.1, 0.15) is 48.5 Å². The molecular formula is C15H20BrNO. The Balaban J connectivity index is 1.94. The van der Waals surface area contributed by atoms with E-state index in [-0.39, 0.29) is 5.91 Å². The number of nitrogens with one attached hydrogen (secondary N) is 1. The Labute approximate surface area is 117 Å². The molecule has 0 aliphatic heterocycles. The number of hydrogen-bond acceptors (Lipinski definition) is 1. The highest BCUT2D eigenvalue weighted by atomic mass is 79.9. The van der Waals surface area contributed by atoms with Crippen molar-refractivity contribution in [3.63, 3.8) is 0 Å². The normalized spacial score (nSPS) is 23.7. The summed E-state index contributed by atoms with van der Waals surface area (Å²) in [5, 5.41) is 3.98. The van der Waals surface area contributed by atoms with Gasteiger partial charge in [0.15, 0.2) is 0 Å². The molecule has 0 radical (unpaired) electrons. The van der Waals surface area contributed by atoms with Crippen LogP contribution in [-0.4, -0.2) is 11.9 Å². The monoisotopic (exact) mass is 309 g/mol. The van der Waals surface area contributed by atoms with Crippen LogP contribution in [0.3, 0.4) is 0 Å². The zero-order valence-electron chi connectivity index (χ0n) is 10.8. The van der Waals surface area contributed by atoms with Gasteiger partial charge < -0.3 is 5.32 Å². The largest absolute Gasteiger partial charge is 0.349 e. The minimum absolute atomic E-state index is 0.0650. The molecule has 1 amide bonds. The minimum Gasteiger partial charge on any atom is -0.349 e. The van der Waals surface area contributed by atoms with Gasteiger partial charge in [-0.25, -0.2) is 0 Å². The van der Waals surface area contributed by atoms with Crippen LogP contribution in [0.25, 0.3) is 0 Å². The molecule has 18 heavy (non-hydrogen) atoms. The maximum Gasteiger partial charge on any atom is 0.251 e. The topological polar surface area (TPSA) is 29.1 Å². The molecular weight excluding hydrogens is 290 g/mol. The van der Waals surface area contributed by atoms with Crippen molar-refractivity contribution >= 4 is 21.8 Å². The number of hydrogen-bond donors (Lipinski definition) is 1. The fourth-order valence-corrected chi connectivity index (χ4v) is 2.95. The van der Waals surface area contributed by atoms with Crippen molar-refractivity contribution in [2.75, 3.05) is 0 Å². The van der Waals surface area contributed by atoms with Gasteiger partial charge in [0.25, 0.3) is 5.91 Å². The van der Waals surface area contributed by atoms with Gasteiger partial charge in [-0.15, -0.1) is 0 Å². The van der Waals surface area contributed by atoms with Gasteiger partial charge in [-0.2, -0.15) is 0 Å². The third-order valence-corrected chi connectivity index (χ3v) is 4.29. The van der Waals surface area contributed by atoms with Crippen LogP contribution in [0.2, 0.25) is 0 Å². The molecule has 1 N–H and O–H groups in total. The predicted octanol–water partition coefficient (Wildman–Crippen LogP) is 3.89. The van der Waals surface area contributed by atoms with Gasteiger partial charge in [-0.3, -0.25) is 4.79 Å². The molecule has 3 heteroatoms. The van der Waals surface area contributed by atoms with Gasteiger partial charge in [-0.1, -0.05) is 47.8 Å². The quantitative estimate of drug-likeness (QED) is 0.843. The van der Waals surface area contributed by atoms with E-state index in [1.807, 2.05) is 24.3 Å². The molecule has 2 rings (SSSR count). The molecule has 1 aromatic rings. The van der Waals surface area contributed by atoms with E-state index in [1.54, 1.807) is 0 Å². The molecule has 2 nitrogen and oxygen atoms in total. The number of halogens is 1. The van der Waals surface area contributed by atoms with Gasteiger partial charge >= 0.3 is 0 Å². The molecule has 1 aliphatic carbocycles. The Hall–Kier alpha value is -0.830. The van der Waals surface area contributed by atoms with Crippen LogP contribution in [0.4, 0.5) is 0 Å². The highest BCUT2D eigenvalue weighted by molar-refractivity contribution is 9.08. The second kappa shape index (κ2) is 6.37. The summed E-state index contributed by atoms with van der Waals surface area (Å²) in [4.78, 5) is 12.1. The molecule has 1 aromatic carbocycles. The lowest BCUT2D eigenvalue weighted by Crippen LogP contribution is -2.37. The Morgan fingerprint density at radius 1 is 1.33 bits per heavy atom. The van der Waals surface area contributed by atoms with E-state index in [0.717, 1.165) is 29.7 Å². The van der Waals surface area contributed by atoms with Crippen LogP contribution in [0.15, 0.2) is 24.3 Å². The van der Waals surface area contributed by atoms with Crippen molar-refractivity contribution in [3.05, 3.63) is 35.4 Å². The Kier molecular flexibility index (Phi) is 4.81. The summed E-state index contributed by atoms with van der Waals surface area (Å²) in [6.45, 7) is 2.27. The number of carbonyl (C=O) groups is 1. The molecule has 0 bridgehead atoms. The molecule has 2 atom stereocenters. The molecule has 1 fully saturated rings. The minimum atomic E-state index is 0.0650. The summed E-state index contributed by atoms with van der Waals surface area (Å²) in [6.07, 6.45) is 4.77. The molecule has 0 heterocycles. The van der Waals surface area contributed by atoms with E-state index in [2.05, 4.69) is 28.2 Å². The van der Waals surface area contributed by atoms with Crippen molar-refractivity contribution in [2.45, 2.75) is 44.0 Å². The van der Waals surface area contributed by atoms with Crippen molar-refractivity contribution in [1.29, 1.82) is 0 Å². The van der Waals surface area contributed by atoms with Crippen LogP contribution in [-0.2, 0) is 5.33 Å².